The highest BCUT2D eigenvalue weighted by Gasteiger charge is 2.50. The molecule has 194 valence electrons. The molecule has 0 radical (unpaired) electrons. The van der Waals surface area contributed by atoms with Crippen molar-refractivity contribution in [2.45, 2.75) is 89.3 Å². The average Bonchev–Trinajstić information content (AvgIpc) is 3.24. The Morgan fingerprint density at radius 1 is 0.972 bits per heavy atom. The smallest absolute Gasteiger partial charge is 0.227 e. The fraction of sp³-hybridized carbons (Fsp3) is 0.567. The van der Waals surface area contributed by atoms with Crippen molar-refractivity contribution < 1.29 is 13.9 Å². The summed E-state index contributed by atoms with van der Waals surface area (Å²) in [5, 5.41) is 10.8. The first-order valence-electron chi connectivity index (χ1n) is 13.9. The maximum absolute atomic E-state index is 14.2. The highest BCUT2D eigenvalue weighted by Crippen LogP contribution is 2.45. The minimum atomic E-state index is -0.732. The first-order valence-corrected chi connectivity index (χ1v) is 13.9. The SMILES string of the molecule is CCOc1ccc(CC2(C(C(=O)NC3CCCCC3)C3CCCCC3)Nc3ccc(F)cc3N2)cc1. The zero-order valence-corrected chi connectivity index (χ0v) is 21.5. The van der Waals surface area contributed by atoms with Crippen LogP contribution >= 0.6 is 0 Å². The molecule has 5 nitrogen and oxygen atoms in total. The molecular weight excluding hydrogens is 453 g/mol. The van der Waals surface area contributed by atoms with Crippen LogP contribution in [0.15, 0.2) is 42.5 Å². The van der Waals surface area contributed by atoms with Gasteiger partial charge in [0.05, 0.1) is 23.9 Å². The lowest BCUT2D eigenvalue weighted by Crippen LogP contribution is -2.60. The van der Waals surface area contributed by atoms with Crippen molar-refractivity contribution in [3.63, 3.8) is 0 Å². The number of nitrogens with one attached hydrogen (secondary N) is 3. The van der Waals surface area contributed by atoms with Crippen molar-refractivity contribution >= 4 is 17.3 Å². The predicted molar refractivity (Wildman–Crippen MR) is 143 cm³/mol. The molecular formula is C30H40FN3O2. The third-order valence-electron chi connectivity index (χ3n) is 8.30. The number of hydrogen-bond donors (Lipinski definition) is 3. The number of carbonyl (C=O) groups is 1. The normalized spacial score (nSPS) is 23.3. The van der Waals surface area contributed by atoms with Gasteiger partial charge < -0.3 is 20.7 Å². The van der Waals surface area contributed by atoms with Crippen molar-refractivity contribution in [1.82, 2.24) is 5.32 Å². The second-order valence-corrected chi connectivity index (χ2v) is 10.9. The first-order chi connectivity index (χ1) is 17.6. The first kappa shape index (κ1) is 24.9. The summed E-state index contributed by atoms with van der Waals surface area (Å²) < 4.78 is 19.9. The molecule has 2 fully saturated rings. The van der Waals surface area contributed by atoms with Crippen molar-refractivity contribution in [1.29, 1.82) is 0 Å². The zero-order valence-electron chi connectivity index (χ0n) is 21.5. The van der Waals surface area contributed by atoms with Crippen LogP contribution in [0.5, 0.6) is 5.75 Å². The van der Waals surface area contributed by atoms with E-state index in [2.05, 4.69) is 28.1 Å². The van der Waals surface area contributed by atoms with E-state index in [-0.39, 0.29) is 29.6 Å². The van der Waals surface area contributed by atoms with Crippen molar-refractivity contribution in [3.8, 4) is 5.75 Å². The summed E-state index contributed by atoms with van der Waals surface area (Å²) in [5.74, 6) is 0.687. The molecule has 2 aromatic rings. The van der Waals surface area contributed by atoms with Gasteiger partial charge in [0.1, 0.15) is 17.2 Å². The number of hydrogen-bond acceptors (Lipinski definition) is 4. The van der Waals surface area contributed by atoms with Crippen LogP contribution in [-0.2, 0) is 11.2 Å². The molecule has 5 rings (SSSR count). The predicted octanol–water partition coefficient (Wildman–Crippen LogP) is 6.65. The van der Waals surface area contributed by atoms with E-state index in [1.165, 1.54) is 31.7 Å². The Morgan fingerprint density at radius 2 is 1.64 bits per heavy atom. The molecule has 3 aliphatic rings. The fourth-order valence-electron chi connectivity index (χ4n) is 6.63. The molecule has 3 N–H and O–H groups in total. The highest BCUT2D eigenvalue weighted by atomic mass is 19.1. The van der Waals surface area contributed by atoms with Gasteiger partial charge in [-0.15, -0.1) is 0 Å². The molecule has 0 spiro atoms. The van der Waals surface area contributed by atoms with Gasteiger partial charge >= 0.3 is 0 Å². The Morgan fingerprint density at radius 3 is 2.33 bits per heavy atom. The molecule has 2 aromatic carbocycles. The summed E-state index contributed by atoms with van der Waals surface area (Å²) in [7, 11) is 0. The maximum Gasteiger partial charge on any atom is 0.227 e. The minimum Gasteiger partial charge on any atom is -0.494 e. The number of ether oxygens (including phenoxy) is 1. The van der Waals surface area contributed by atoms with Gasteiger partial charge in [-0.1, -0.05) is 50.7 Å². The second kappa shape index (κ2) is 11.1. The van der Waals surface area contributed by atoms with Gasteiger partial charge in [-0.05, 0) is 74.4 Å². The third-order valence-corrected chi connectivity index (χ3v) is 8.30. The Balaban J connectivity index is 1.50. The van der Waals surface area contributed by atoms with Crippen LogP contribution in [0.3, 0.4) is 0 Å². The molecule has 1 aliphatic heterocycles. The standard InChI is InChI=1S/C30H40FN3O2/c1-2-36-25-16-13-21(14-17-25)20-30(33-26-18-15-23(31)19-27(26)34-30)28(22-9-5-3-6-10-22)29(35)32-24-11-7-4-8-12-24/h13-19,22,24,28,33-34H,2-12,20H2,1H3,(H,32,35). The van der Waals surface area contributed by atoms with Gasteiger partial charge in [0, 0.05) is 12.5 Å². The molecule has 1 amide bonds. The van der Waals surface area contributed by atoms with Gasteiger partial charge in [0.25, 0.3) is 0 Å². The topological polar surface area (TPSA) is 62.4 Å². The molecule has 2 unspecified atom stereocenters. The quantitative estimate of drug-likeness (QED) is 0.385. The summed E-state index contributed by atoms with van der Waals surface area (Å²) >= 11 is 0. The van der Waals surface area contributed by atoms with Crippen molar-refractivity contribution in [2.75, 3.05) is 17.2 Å². The van der Waals surface area contributed by atoms with Gasteiger partial charge in [-0.2, -0.15) is 0 Å². The summed E-state index contributed by atoms with van der Waals surface area (Å²) in [6, 6.07) is 13.2. The lowest BCUT2D eigenvalue weighted by molar-refractivity contribution is -0.130. The molecule has 2 saturated carbocycles. The molecule has 0 saturated heterocycles. The lowest BCUT2D eigenvalue weighted by Gasteiger charge is -2.44. The number of rotatable bonds is 8. The van der Waals surface area contributed by atoms with Crippen molar-refractivity contribution in [2.24, 2.45) is 11.8 Å². The van der Waals surface area contributed by atoms with Crippen LogP contribution in [0.4, 0.5) is 15.8 Å². The van der Waals surface area contributed by atoms with Crippen LogP contribution in [-0.4, -0.2) is 24.2 Å². The average molecular weight is 494 g/mol. The molecule has 0 bridgehead atoms. The van der Waals surface area contributed by atoms with Gasteiger partial charge in [0.2, 0.25) is 5.91 Å². The third kappa shape index (κ3) is 5.47. The van der Waals surface area contributed by atoms with Gasteiger partial charge in [0.15, 0.2) is 0 Å². The number of benzene rings is 2. The molecule has 2 aliphatic carbocycles. The van der Waals surface area contributed by atoms with E-state index in [0.29, 0.717) is 13.0 Å². The molecule has 6 heteroatoms. The number of anilines is 2. The summed E-state index contributed by atoms with van der Waals surface area (Å²) in [5.41, 5.74) is 1.96. The molecule has 36 heavy (non-hydrogen) atoms. The van der Waals surface area contributed by atoms with Crippen LogP contribution in [0, 0.1) is 17.7 Å². The van der Waals surface area contributed by atoms with E-state index < -0.39 is 5.66 Å². The Kier molecular flexibility index (Phi) is 7.68. The monoisotopic (exact) mass is 493 g/mol. The minimum absolute atomic E-state index is 0.132. The van der Waals surface area contributed by atoms with E-state index >= 15 is 0 Å². The lowest BCUT2D eigenvalue weighted by atomic mass is 9.71. The number of carbonyl (C=O) groups excluding carboxylic acids is 1. The van der Waals surface area contributed by atoms with Crippen molar-refractivity contribution in [3.05, 3.63) is 53.8 Å². The summed E-state index contributed by atoms with van der Waals surface area (Å²) in [6.45, 7) is 2.60. The van der Waals surface area contributed by atoms with E-state index in [9.17, 15) is 9.18 Å². The molecule has 1 heterocycles. The van der Waals surface area contributed by atoms with Crippen LogP contribution in [0.2, 0.25) is 0 Å². The van der Waals surface area contributed by atoms with Crippen LogP contribution < -0.4 is 20.7 Å². The zero-order chi connectivity index (χ0) is 25.0. The van der Waals surface area contributed by atoms with Gasteiger partial charge in [-0.25, -0.2) is 4.39 Å². The summed E-state index contributed by atoms with van der Waals surface area (Å²) in [6.07, 6.45) is 11.9. The second-order valence-electron chi connectivity index (χ2n) is 10.9. The molecule has 2 atom stereocenters. The molecule has 0 aromatic heterocycles. The van der Waals surface area contributed by atoms with Gasteiger partial charge in [-0.3, -0.25) is 4.79 Å². The highest BCUT2D eigenvalue weighted by molar-refractivity contribution is 5.86. The van der Waals surface area contributed by atoms with E-state index in [1.54, 1.807) is 12.1 Å². The number of halogens is 1. The Bertz CT molecular complexity index is 1030. The maximum atomic E-state index is 14.2. The van der Waals surface area contributed by atoms with E-state index in [1.807, 2.05) is 19.1 Å². The fourth-order valence-corrected chi connectivity index (χ4v) is 6.63. The Labute approximate surface area is 214 Å². The van der Waals surface area contributed by atoms with E-state index in [4.69, 9.17) is 4.74 Å². The summed E-state index contributed by atoms with van der Waals surface area (Å²) in [4.78, 5) is 14.2. The number of amides is 1. The van der Waals surface area contributed by atoms with Crippen LogP contribution in [0.25, 0.3) is 0 Å². The largest absolute Gasteiger partial charge is 0.494 e. The van der Waals surface area contributed by atoms with E-state index in [0.717, 1.165) is 61.2 Å². The van der Waals surface area contributed by atoms with Crippen LogP contribution in [0.1, 0.15) is 76.7 Å². The number of fused-ring (bicyclic) bond motifs is 1. The Hall–Kier alpha value is -2.76.